The molecule has 43 heavy (non-hydrogen) atoms. The third-order valence-corrected chi connectivity index (χ3v) is 8.29. The Morgan fingerprint density at radius 3 is 2.53 bits per heavy atom. The molecule has 1 fully saturated rings. The molecule has 3 atom stereocenters. The topological polar surface area (TPSA) is 140 Å². The van der Waals surface area contributed by atoms with E-state index in [1.165, 1.54) is 23.8 Å². The average molecular weight is 599 g/mol. The van der Waals surface area contributed by atoms with E-state index in [0.29, 0.717) is 39.4 Å². The Hall–Kier alpha value is -5.10. The molecule has 3 unspecified atom stereocenters. The molecule has 1 aromatic heterocycles. The Morgan fingerprint density at radius 1 is 0.977 bits per heavy atom. The Kier molecular flexibility index (Phi) is 7.84. The van der Waals surface area contributed by atoms with Gasteiger partial charge in [-0.25, -0.2) is 9.78 Å². The van der Waals surface area contributed by atoms with Crippen LogP contribution in [0.15, 0.2) is 94.6 Å². The number of β-lactam (4-membered cyclic amide) rings is 1. The number of para-hydroxylation sites is 3. The van der Waals surface area contributed by atoms with Crippen LogP contribution in [0, 0.1) is 0 Å². The van der Waals surface area contributed by atoms with E-state index in [1.807, 2.05) is 6.07 Å². The first kappa shape index (κ1) is 28.0. The highest BCUT2D eigenvalue weighted by Crippen LogP contribution is 2.41. The second-order valence-corrected chi connectivity index (χ2v) is 10.7. The predicted molar refractivity (Wildman–Crippen MR) is 159 cm³/mol. The van der Waals surface area contributed by atoms with Crippen LogP contribution in [-0.2, 0) is 19.1 Å². The first-order valence-corrected chi connectivity index (χ1v) is 14.3. The number of aromatic nitrogens is 2. The summed E-state index contributed by atoms with van der Waals surface area (Å²) < 4.78 is 16.6. The maximum absolute atomic E-state index is 13.2. The number of fused-ring (bicyclic) bond motifs is 2. The zero-order valence-electron chi connectivity index (χ0n) is 22.9. The van der Waals surface area contributed by atoms with Gasteiger partial charge in [0.2, 0.25) is 5.91 Å². The molecular formula is C31H26N4O7S. The number of ether oxygens (including phenoxy) is 3. The first-order chi connectivity index (χ1) is 20.9. The number of esters is 1. The SMILES string of the molecule is COC(=O)C1C(COc2ccccc2-c2nc3ccccc3c(=O)[nH]2)=CSC2C(NC(=O)COc3ccccc3)C(=O)N12. The Labute approximate surface area is 249 Å². The molecule has 4 aromatic rings. The molecule has 0 saturated carbocycles. The zero-order chi connectivity index (χ0) is 29.9. The third kappa shape index (κ3) is 5.56. The number of hydrogen-bond donors (Lipinski definition) is 2. The van der Waals surface area contributed by atoms with Gasteiger partial charge >= 0.3 is 5.97 Å². The molecule has 218 valence electrons. The van der Waals surface area contributed by atoms with Crippen molar-refractivity contribution < 1.29 is 28.6 Å². The van der Waals surface area contributed by atoms with Crippen LogP contribution in [0.5, 0.6) is 11.5 Å². The monoisotopic (exact) mass is 598 g/mol. The molecule has 3 heterocycles. The van der Waals surface area contributed by atoms with Crippen molar-refractivity contribution in [1.29, 1.82) is 0 Å². The molecule has 1 saturated heterocycles. The molecule has 0 bridgehead atoms. The van der Waals surface area contributed by atoms with Gasteiger partial charge in [-0.2, -0.15) is 0 Å². The predicted octanol–water partition coefficient (Wildman–Crippen LogP) is 2.87. The minimum atomic E-state index is -1.02. The summed E-state index contributed by atoms with van der Waals surface area (Å²) in [6, 6.07) is 21.1. The Bertz CT molecular complexity index is 1790. The molecule has 0 spiro atoms. The summed E-state index contributed by atoms with van der Waals surface area (Å²) in [7, 11) is 1.25. The van der Waals surface area contributed by atoms with Crippen molar-refractivity contribution in [3.63, 3.8) is 0 Å². The quantitative estimate of drug-likeness (QED) is 0.220. The van der Waals surface area contributed by atoms with E-state index < -0.39 is 35.2 Å². The number of amides is 2. The normalized spacial score (nSPS) is 19.1. The lowest BCUT2D eigenvalue weighted by atomic mass is 9.98. The van der Waals surface area contributed by atoms with E-state index >= 15 is 0 Å². The van der Waals surface area contributed by atoms with Gasteiger partial charge in [0.1, 0.15) is 35.3 Å². The van der Waals surface area contributed by atoms with Gasteiger partial charge in [0, 0.05) is 5.57 Å². The van der Waals surface area contributed by atoms with Gasteiger partial charge in [0.25, 0.3) is 11.5 Å². The second kappa shape index (κ2) is 12.0. The minimum Gasteiger partial charge on any atom is -0.488 e. The summed E-state index contributed by atoms with van der Waals surface area (Å²) in [4.78, 5) is 60.0. The van der Waals surface area contributed by atoms with Crippen LogP contribution in [0.3, 0.4) is 0 Å². The lowest BCUT2D eigenvalue weighted by molar-refractivity contribution is -0.162. The van der Waals surface area contributed by atoms with Crippen LogP contribution in [0.4, 0.5) is 0 Å². The number of methoxy groups -OCH3 is 1. The number of rotatable bonds is 9. The molecular weight excluding hydrogens is 572 g/mol. The molecule has 2 N–H and O–H groups in total. The van der Waals surface area contributed by atoms with Gasteiger partial charge in [0.05, 0.1) is 23.6 Å². The van der Waals surface area contributed by atoms with Gasteiger partial charge in [0.15, 0.2) is 12.6 Å². The molecule has 2 amide bonds. The molecule has 6 rings (SSSR count). The average Bonchev–Trinajstić information content (AvgIpc) is 3.05. The fraction of sp³-hybridized carbons (Fsp3) is 0.194. The molecule has 11 nitrogen and oxygen atoms in total. The number of hydrogen-bond acceptors (Lipinski definition) is 9. The van der Waals surface area contributed by atoms with Gasteiger partial charge in [-0.05, 0) is 41.8 Å². The molecule has 2 aliphatic rings. The van der Waals surface area contributed by atoms with Crippen molar-refractivity contribution in [2.24, 2.45) is 0 Å². The molecule has 12 heteroatoms. The van der Waals surface area contributed by atoms with Crippen LogP contribution in [0.2, 0.25) is 0 Å². The lowest BCUT2D eigenvalue weighted by Crippen LogP contribution is -2.74. The Balaban J connectivity index is 1.17. The third-order valence-electron chi connectivity index (χ3n) is 7.07. The number of carbonyl (C=O) groups is 3. The highest BCUT2D eigenvalue weighted by atomic mass is 32.2. The fourth-order valence-corrected chi connectivity index (χ4v) is 6.18. The molecule has 3 aromatic carbocycles. The smallest absolute Gasteiger partial charge is 0.333 e. The maximum Gasteiger partial charge on any atom is 0.333 e. The number of benzene rings is 3. The molecule has 0 radical (unpaired) electrons. The standard InChI is InChI=1S/C31H26N4O7S/c1-40-31(39)26-18(17-43-30-25(29(38)35(26)30)33-24(36)16-41-19-9-3-2-4-10-19)15-42-23-14-8-6-12-21(23)27-32-22-13-7-5-11-20(22)28(37)34-27/h2-14,17,25-26,30H,15-16H2,1H3,(H,33,36)(H,32,34,37). The zero-order valence-corrected chi connectivity index (χ0v) is 23.7. The number of carbonyl (C=O) groups excluding carboxylic acids is 3. The molecule has 0 aliphatic carbocycles. The number of H-pyrrole nitrogens is 1. The highest BCUT2D eigenvalue weighted by Gasteiger charge is 2.56. The largest absolute Gasteiger partial charge is 0.488 e. The van der Waals surface area contributed by atoms with Gasteiger partial charge < -0.3 is 29.4 Å². The van der Waals surface area contributed by atoms with E-state index in [2.05, 4.69) is 15.3 Å². The second-order valence-electron chi connectivity index (χ2n) is 9.75. The van der Waals surface area contributed by atoms with Gasteiger partial charge in [-0.3, -0.25) is 14.4 Å². The maximum atomic E-state index is 13.2. The highest BCUT2D eigenvalue weighted by molar-refractivity contribution is 8.03. The number of nitrogens with zero attached hydrogens (tertiary/aromatic N) is 2. The fourth-order valence-electron chi connectivity index (χ4n) is 4.97. The van der Waals surface area contributed by atoms with E-state index in [1.54, 1.807) is 78.2 Å². The van der Waals surface area contributed by atoms with Gasteiger partial charge in [-0.15, -0.1) is 11.8 Å². The summed E-state index contributed by atoms with van der Waals surface area (Å²) in [6.45, 7) is -0.294. The van der Waals surface area contributed by atoms with Crippen LogP contribution < -0.4 is 20.3 Å². The van der Waals surface area contributed by atoms with Crippen molar-refractivity contribution in [2.75, 3.05) is 20.3 Å². The van der Waals surface area contributed by atoms with E-state index in [9.17, 15) is 19.2 Å². The number of thioether (sulfide) groups is 1. The van der Waals surface area contributed by atoms with Gasteiger partial charge in [-0.1, -0.05) is 42.5 Å². The Morgan fingerprint density at radius 2 is 1.72 bits per heavy atom. The van der Waals surface area contributed by atoms with Crippen molar-refractivity contribution in [1.82, 2.24) is 20.2 Å². The van der Waals surface area contributed by atoms with Crippen LogP contribution in [0.1, 0.15) is 0 Å². The number of aromatic amines is 1. The van der Waals surface area contributed by atoms with Crippen LogP contribution in [0.25, 0.3) is 22.3 Å². The van der Waals surface area contributed by atoms with Crippen LogP contribution in [-0.4, -0.2) is 70.4 Å². The van der Waals surface area contributed by atoms with Crippen molar-refractivity contribution in [2.45, 2.75) is 17.5 Å². The lowest BCUT2D eigenvalue weighted by Gasteiger charge is -2.51. The number of nitrogens with one attached hydrogen (secondary N) is 2. The summed E-state index contributed by atoms with van der Waals surface area (Å²) in [5.74, 6) is -0.190. The minimum absolute atomic E-state index is 0.0416. The van der Waals surface area contributed by atoms with Crippen molar-refractivity contribution in [3.8, 4) is 22.9 Å². The van der Waals surface area contributed by atoms with E-state index in [4.69, 9.17) is 14.2 Å². The van der Waals surface area contributed by atoms with Crippen LogP contribution >= 0.6 is 11.8 Å². The summed E-state index contributed by atoms with van der Waals surface area (Å²) in [5.41, 5.74) is 1.34. The summed E-state index contributed by atoms with van der Waals surface area (Å²) >= 11 is 1.30. The van der Waals surface area contributed by atoms with Crippen molar-refractivity contribution >= 4 is 40.4 Å². The van der Waals surface area contributed by atoms with Crippen molar-refractivity contribution in [3.05, 3.63) is 100 Å². The summed E-state index contributed by atoms with van der Waals surface area (Å²) in [6.07, 6.45) is 0. The molecule has 2 aliphatic heterocycles. The van der Waals surface area contributed by atoms with E-state index in [-0.39, 0.29) is 18.8 Å². The summed E-state index contributed by atoms with van der Waals surface area (Å²) in [5, 5.41) is 4.44. The van der Waals surface area contributed by atoms with E-state index in [0.717, 1.165) is 0 Å². The first-order valence-electron chi connectivity index (χ1n) is 13.4.